The summed E-state index contributed by atoms with van der Waals surface area (Å²) < 4.78 is 5.17. The van der Waals surface area contributed by atoms with Crippen molar-refractivity contribution in [2.45, 2.75) is 6.92 Å². The Morgan fingerprint density at radius 3 is 2.53 bits per heavy atom. The third-order valence-electron chi connectivity index (χ3n) is 4.18. The quantitative estimate of drug-likeness (QED) is 0.339. The van der Waals surface area contributed by atoms with Crippen LogP contribution < -0.4 is 5.32 Å². The monoisotopic (exact) mass is 418 g/mol. The van der Waals surface area contributed by atoms with E-state index in [2.05, 4.69) is 5.32 Å². The summed E-state index contributed by atoms with van der Waals surface area (Å²) in [4.78, 5) is 25.3. The standard InChI is InChI=1S/C23H18N2O4S/c1-2-29-23(28)20-18(15-8-4-3-5-9-15)14-30-22(20)25-21(27)17(13-24)12-16-10-6-7-11-19(16)26/h3-12,14,26H,2H2,1H3,(H,25,27). The predicted octanol–water partition coefficient (Wildman–Crippen LogP) is 4.84. The van der Waals surface area contributed by atoms with Crippen LogP contribution in [0.15, 0.2) is 65.6 Å². The topological polar surface area (TPSA) is 99.4 Å². The molecular weight excluding hydrogens is 400 g/mol. The van der Waals surface area contributed by atoms with E-state index in [1.807, 2.05) is 36.4 Å². The molecule has 0 aliphatic rings. The highest BCUT2D eigenvalue weighted by Gasteiger charge is 2.23. The molecule has 0 aliphatic heterocycles. The van der Waals surface area contributed by atoms with E-state index < -0.39 is 11.9 Å². The average Bonchev–Trinajstić information content (AvgIpc) is 3.17. The van der Waals surface area contributed by atoms with E-state index in [9.17, 15) is 20.0 Å². The molecular formula is C23H18N2O4S. The number of phenolic OH excluding ortho intramolecular Hbond substituents is 1. The van der Waals surface area contributed by atoms with Crippen LogP contribution in [-0.4, -0.2) is 23.6 Å². The Bertz CT molecular complexity index is 1140. The maximum atomic E-state index is 12.7. The number of thiophene rings is 1. The Labute approximate surface area is 177 Å². The van der Waals surface area contributed by atoms with E-state index >= 15 is 0 Å². The number of nitrogens with one attached hydrogen (secondary N) is 1. The zero-order valence-electron chi connectivity index (χ0n) is 16.1. The van der Waals surface area contributed by atoms with Gasteiger partial charge in [-0.3, -0.25) is 4.79 Å². The van der Waals surface area contributed by atoms with Gasteiger partial charge in [-0.25, -0.2) is 4.79 Å². The minimum absolute atomic E-state index is 0.0484. The summed E-state index contributed by atoms with van der Waals surface area (Å²) in [6.45, 7) is 1.89. The zero-order valence-corrected chi connectivity index (χ0v) is 16.9. The van der Waals surface area contributed by atoms with Gasteiger partial charge in [-0.2, -0.15) is 5.26 Å². The fourth-order valence-corrected chi connectivity index (χ4v) is 3.72. The number of rotatable bonds is 6. The molecule has 0 saturated heterocycles. The van der Waals surface area contributed by atoms with Crippen LogP contribution in [0.4, 0.5) is 5.00 Å². The molecule has 6 nitrogen and oxygen atoms in total. The first kappa shape index (κ1) is 20.8. The van der Waals surface area contributed by atoms with Crippen LogP contribution in [0.2, 0.25) is 0 Å². The Morgan fingerprint density at radius 1 is 1.17 bits per heavy atom. The summed E-state index contributed by atoms with van der Waals surface area (Å²) in [7, 11) is 0. The number of anilines is 1. The molecule has 0 bridgehead atoms. The molecule has 0 saturated carbocycles. The van der Waals surface area contributed by atoms with Gasteiger partial charge in [0.1, 0.15) is 28.0 Å². The number of esters is 1. The number of nitriles is 1. The maximum Gasteiger partial charge on any atom is 0.341 e. The number of benzene rings is 2. The van der Waals surface area contributed by atoms with Crippen LogP contribution in [0, 0.1) is 11.3 Å². The summed E-state index contributed by atoms with van der Waals surface area (Å²) >= 11 is 1.17. The second kappa shape index (κ2) is 9.54. The lowest BCUT2D eigenvalue weighted by molar-refractivity contribution is -0.112. The minimum atomic E-state index is -0.687. The van der Waals surface area contributed by atoms with Gasteiger partial charge < -0.3 is 15.2 Å². The number of para-hydroxylation sites is 1. The van der Waals surface area contributed by atoms with Gasteiger partial charge in [0.25, 0.3) is 5.91 Å². The van der Waals surface area contributed by atoms with Gasteiger partial charge in [0.2, 0.25) is 0 Å². The Morgan fingerprint density at radius 2 is 1.87 bits per heavy atom. The van der Waals surface area contributed by atoms with Crippen molar-refractivity contribution < 1.29 is 19.4 Å². The third-order valence-corrected chi connectivity index (χ3v) is 5.08. The van der Waals surface area contributed by atoms with E-state index in [1.54, 1.807) is 30.5 Å². The van der Waals surface area contributed by atoms with Crippen molar-refractivity contribution in [3.05, 3.63) is 76.7 Å². The first-order valence-electron chi connectivity index (χ1n) is 9.10. The molecule has 3 aromatic rings. The molecule has 1 aromatic heterocycles. The lowest BCUT2D eigenvalue weighted by atomic mass is 10.0. The van der Waals surface area contributed by atoms with Crippen LogP contribution in [0.3, 0.4) is 0 Å². The number of carbonyl (C=O) groups excluding carboxylic acids is 2. The van der Waals surface area contributed by atoms with E-state index in [0.717, 1.165) is 5.56 Å². The molecule has 2 N–H and O–H groups in total. The van der Waals surface area contributed by atoms with Gasteiger partial charge in [0, 0.05) is 16.5 Å². The molecule has 0 atom stereocenters. The molecule has 1 heterocycles. The van der Waals surface area contributed by atoms with E-state index in [0.29, 0.717) is 11.1 Å². The third kappa shape index (κ3) is 4.57. The molecule has 3 rings (SSSR count). The number of hydrogen-bond donors (Lipinski definition) is 2. The fourth-order valence-electron chi connectivity index (χ4n) is 2.77. The highest BCUT2D eigenvalue weighted by atomic mass is 32.1. The Kier molecular flexibility index (Phi) is 6.63. The van der Waals surface area contributed by atoms with Crippen molar-refractivity contribution in [3.63, 3.8) is 0 Å². The van der Waals surface area contributed by atoms with Crippen molar-refractivity contribution in [2.24, 2.45) is 0 Å². The smallest absolute Gasteiger partial charge is 0.341 e. The molecule has 30 heavy (non-hydrogen) atoms. The van der Waals surface area contributed by atoms with E-state index in [4.69, 9.17) is 4.74 Å². The van der Waals surface area contributed by atoms with Crippen molar-refractivity contribution in [3.8, 4) is 22.9 Å². The molecule has 0 radical (unpaired) electrons. The molecule has 0 unspecified atom stereocenters. The number of hydrogen-bond acceptors (Lipinski definition) is 6. The lowest BCUT2D eigenvalue weighted by Gasteiger charge is -2.08. The molecule has 2 aromatic carbocycles. The number of aromatic hydroxyl groups is 1. The number of amides is 1. The van der Waals surface area contributed by atoms with Gasteiger partial charge >= 0.3 is 5.97 Å². The van der Waals surface area contributed by atoms with Crippen LogP contribution in [-0.2, 0) is 9.53 Å². The van der Waals surface area contributed by atoms with Crippen molar-refractivity contribution in [2.75, 3.05) is 11.9 Å². The molecule has 150 valence electrons. The summed E-state index contributed by atoms with van der Waals surface area (Å²) in [5, 5.41) is 24.0. The fraction of sp³-hybridized carbons (Fsp3) is 0.0870. The zero-order chi connectivity index (χ0) is 21.5. The number of carbonyl (C=O) groups is 2. The van der Waals surface area contributed by atoms with Crippen molar-refractivity contribution >= 4 is 34.3 Å². The summed E-state index contributed by atoms with van der Waals surface area (Å²) in [6, 6.07) is 17.5. The SMILES string of the molecule is CCOC(=O)c1c(-c2ccccc2)csc1NC(=O)C(C#N)=Cc1ccccc1O. The normalized spacial score (nSPS) is 10.9. The molecule has 0 fully saturated rings. The highest BCUT2D eigenvalue weighted by Crippen LogP contribution is 2.36. The summed E-state index contributed by atoms with van der Waals surface area (Å²) in [5.74, 6) is -1.29. The first-order chi connectivity index (χ1) is 14.5. The second-order valence-electron chi connectivity index (χ2n) is 6.12. The van der Waals surface area contributed by atoms with Crippen molar-refractivity contribution in [1.29, 1.82) is 5.26 Å². The van der Waals surface area contributed by atoms with Crippen LogP contribution >= 0.6 is 11.3 Å². The Hall–Kier alpha value is -3.89. The van der Waals surface area contributed by atoms with Gasteiger partial charge in [0.15, 0.2) is 0 Å². The molecule has 1 amide bonds. The summed E-state index contributed by atoms with van der Waals surface area (Å²) in [5.41, 5.74) is 1.81. The first-order valence-corrected chi connectivity index (χ1v) is 9.98. The van der Waals surface area contributed by atoms with E-state index in [1.165, 1.54) is 23.5 Å². The number of ether oxygens (including phenoxy) is 1. The molecule has 0 aliphatic carbocycles. The average molecular weight is 418 g/mol. The highest BCUT2D eigenvalue weighted by molar-refractivity contribution is 7.15. The van der Waals surface area contributed by atoms with Gasteiger partial charge in [-0.1, -0.05) is 48.5 Å². The van der Waals surface area contributed by atoms with Crippen molar-refractivity contribution in [1.82, 2.24) is 0 Å². The van der Waals surface area contributed by atoms with Crippen LogP contribution in [0.25, 0.3) is 17.2 Å². The van der Waals surface area contributed by atoms with Crippen LogP contribution in [0.1, 0.15) is 22.8 Å². The molecule has 7 heteroatoms. The molecule has 0 spiro atoms. The van der Waals surface area contributed by atoms with Crippen LogP contribution in [0.5, 0.6) is 5.75 Å². The maximum absolute atomic E-state index is 12.7. The van der Waals surface area contributed by atoms with E-state index in [-0.39, 0.29) is 28.5 Å². The minimum Gasteiger partial charge on any atom is -0.507 e. The van der Waals surface area contributed by atoms with Gasteiger partial charge in [0.05, 0.1) is 6.61 Å². The number of nitrogens with zero attached hydrogens (tertiary/aromatic N) is 1. The second-order valence-corrected chi connectivity index (χ2v) is 7.00. The Balaban J connectivity index is 1.97. The summed E-state index contributed by atoms with van der Waals surface area (Å²) in [6.07, 6.45) is 1.29. The lowest BCUT2D eigenvalue weighted by Crippen LogP contribution is -2.16. The largest absolute Gasteiger partial charge is 0.507 e. The van der Waals surface area contributed by atoms with Gasteiger partial charge in [-0.05, 0) is 24.6 Å². The number of phenols is 1. The van der Waals surface area contributed by atoms with Gasteiger partial charge in [-0.15, -0.1) is 11.3 Å². The predicted molar refractivity (Wildman–Crippen MR) is 116 cm³/mol.